The Labute approximate surface area is 85.9 Å². The molecule has 0 atom stereocenters. The van der Waals surface area contributed by atoms with Crippen LogP contribution in [0.4, 0.5) is 4.79 Å². The molecule has 0 amide bonds. The van der Waals surface area contributed by atoms with Gasteiger partial charge in [0.2, 0.25) is 0 Å². The first-order valence-corrected chi connectivity index (χ1v) is 2.56. The maximum absolute atomic E-state index is 10.3. The first-order chi connectivity index (χ1) is 4.66. The molecule has 0 fully saturated rings. The van der Waals surface area contributed by atoms with Crippen molar-refractivity contribution < 1.29 is 54.0 Å². The number of carbonyl (C=O) groups is 1. The molecule has 58 valence electrons. The van der Waals surface area contributed by atoms with Gasteiger partial charge in [0.15, 0.2) is 0 Å². The molecule has 0 unspecified atom stereocenters. The average molecular weight is 170 g/mol. The van der Waals surface area contributed by atoms with Crippen LogP contribution in [0.3, 0.4) is 0 Å². The van der Waals surface area contributed by atoms with E-state index in [9.17, 15) is 9.90 Å². The minimum atomic E-state index is -1.53. The summed E-state index contributed by atoms with van der Waals surface area (Å²) in [5.41, 5.74) is 0. The molecule has 5 nitrogen and oxygen atoms in total. The summed E-state index contributed by atoms with van der Waals surface area (Å²) >= 11 is 0. The zero-order chi connectivity index (χ0) is 7.98. The third-order valence-corrected chi connectivity index (χ3v) is 0.543. The summed E-state index contributed by atoms with van der Waals surface area (Å²) in [6.07, 6.45) is -1.04. The minimum absolute atomic E-state index is 0. The van der Waals surface area contributed by atoms with Crippen molar-refractivity contribution in [3.8, 4) is 0 Å². The van der Waals surface area contributed by atoms with E-state index in [4.69, 9.17) is 5.11 Å². The van der Waals surface area contributed by atoms with Crippen molar-refractivity contribution in [2.75, 3.05) is 6.61 Å². The molecule has 0 aliphatic heterocycles. The van der Waals surface area contributed by atoms with Crippen molar-refractivity contribution in [2.24, 2.45) is 0 Å². The van der Waals surface area contributed by atoms with Crippen LogP contribution >= 0.6 is 0 Å². The molecule has 11 heavy (non-hydrogen) atoms. The van der Waals surface area contributed by atoms with Gasteiger partial charge < -0.3 is 19.7 Å². The zero-order valence-electron chi connectivity index (χ0n) is 6.36. The van der Waals surface area contributed by atoms with Crippen molar-refractivity contribution in [2.45, 2.75) is 6.92 Å². The largest absolute Gasteiger partial charge is 1.00 e. The number of carboxylic acid groups (broad SMARTS) is 1. The van der Waals surface area contributed by atoms with E-state index in [0.717, 1.165) is 0 Å². The van der Waals surface area contributed by atoms with E-state index in [1.165, 1.54) is 0 Å². The third-order valence-electron chi connectivity index (χ3n) is 0.543. The smallest absolute Gasteiger partial charge is 0.611 e. The van der Waals surface area contributed by atoms with E-state index in [0.29, 0.717) is 6.26 Å². The molecule has 0 aliphatic carbocycles. The molecule has 0 rings (SSSR count). The van der Waals surface area contributed by atoms with Crippen LogP contribution in [0.25, 0.3) is 0 Å². The predicted molar refractivity (Wildman–Crippen MR) is 28.8 cm³/mol. The summed E-state index contributed by atoms with van der Waals surface area (Å²) in [5.74, 6) is -0.801. The second kappa shape index (κ2) is 7.71. The first kappa shape index (κ1) is 13.2. The van der Waals surface area contributed by atoms with Crippen molar-refractivity contribution in [1.82, 2.24) is 0 Å². The Hall–Kier alpha value is -0.390. The summed E-state index contributed by atoms with van der Waals surface area (Å²) in [6.45, 7) is 1.80. The molecule has 0 spiro atoms. The maximum Gasteiger partial charge on any atom is 1.00 e. The molecule has 0 aromatic rings. The van der Waals surface area contributed by atoms with Crippen LogP contribution in [0.15, 0.2) is 12.2 Å². The van der Waals surface area contributed by atoms with Crippen molar-refractivity contribution in [3.05, 3.63) is 12.2 Å². The number of hydrogen-bond donors (Lipinski definition) is 1. The molecule has 6 heteroatoms. The molecular weight excluding hydrogens is 163 g/mol. The van der Waals surface area contributed by atoms with Gasteiger partial charge in [0.1, 0.15) is 6.26 Å². The molecular formula is C5H7NaO5. The molecule has 0 saturated carbocycles. The summed E-state index contributed by atoms with van der Waals surface area (Å²) in [7, 11) is 0. The van der Waals surface area contributed by atoms with Crippen LogP contribution in [-0.2, 0) is 9.47 Å². The van der Waals surface area contributed by atoms with Gasteiger partial charge >= 0.3 is 35.7 Å². The van der Waals surface area contributed by atoms with E-state index in [2.05, 4.69) is 9.47 Å². The van der Waals surface area contributed by atoms with E-state index in [1.807, 2.05) is 0 Å². The van der Waals surface area contributed by atoms with E-state index in [1.54, 1.807) is 6.92 Å². The molecule has 0 aliphatic rings. The van der Waals surface area contributed by atoms with Gasteiger partial charge in [-0.1, -0.05) is 6.92 Å². The topological polar surface area (TPSA) is 78.8 Å². The van der Waals surface area contributed by atoms with Crippen molar-refractivity contribution in [1.29, 1.82) is 0 Å². The van der Waals surface area contributed by atoms with Gasteiger partial charge in [0, 0.05) is 0 Å². The van der Waals surface area contributed by atoms with Gasteiger partial charge in [-0.25, -0.2) is 4.79 Å². The molecule has 0 saturated heterocycles. The van der Waals surface area contributed by atoms with Crippen LogP contribution in [0.2, 0.25) is 0 Å². The molecule has 0 bridgehead atoms. The molecule has 1 N–H and O–H groups in total. The molecule has 0 radical (unpaired) electrons. The fraction of sp³-hybridized carbons (Fsp3) is 0.400. The number of ether oxygens (including phenoxy) is 2. The van der Waals surface area contributed by atoms with E-state index >= 15 is 0 Å². The van der Waals surface area contributed by atoms with E-state index < -0.39 is 12.1 Å². The predicted octanol–water partition coefficient (Wildman–Crippen LogP) is -3.12. The Kier molecular flexibility index (Phi) is 9.27. The Morgan fingerprint density at radius 2 is 2.27 bits per heavy atom. The van der Waals surface area contributed by atoms with Crippen LogP contribution < -0.4 is 34.7 Å². The fourth-order valence-corrected chi connectivity index (χ4v) is 0.275. The third kappa shape index (κ3) is 9.61. The van der Waals surface area contributed by atoms with E-state index in [-0.39, 0.29) is 36.2 Å². The van der Waals surface area contributed by atoms with Gasteiger partial charge in [-0.3, -0.25) is 0 Å². The molecule has 0 aromatic carbocycles. The van der Waals surface area contributed by atoms with Crippen LogP contribution in [0.5, 0.6) is 0 Å². The normalized spacial score (nSPS) is 9.73. The Morgan fingerprint density at radius 3 is 2.64 bits per heavy atom. The zero-order valence-corrected chi connectivity index (χ0v) is 8.36. The van der Waals surface area contributed by atoms with Gasteiger partial charge in [-0.2, -0.15) is 0 Å². The Bertz CT molecular complexity index is 144. The van der Waals surface area contributed by atoms with Gasteiger partial charge in [0.25, 0.3) is 0 Å². The fourth-order valence-electron chi connectivity index (χ4n) is 0.275. The summed E-state index contributed by atoms with van der Waals surface area (Å²) < 4.78 is 8.08. The van der Waals surface area contributed by atoms with Crippen LogP contribution in [0.1, 0.15) is 6.92 Å². The van der Waals surface area contributed by atoms with Crippen LogP contribution in [0, 0.1) is 0 Å². The summed E-state index contributed by atoms with van der Waals surface area (Å²) in [4.78, 5) is 9.65. The van der Waals surface area contributed by atoms with Gasteiger partial charge in [0.05, 0.1) is 5.95 Å². The maximum atomic E-state index is 10.3. The number of rotatable bonds is 3. The van der Waals surface area contributed by atoms with Gasteiger partial charge in [-0.05, 0) is 6.61 Å². The molecule has 0 heterocycles. The average Bonchev–Trinajstić information content (AvgIpc) is 1.85. The molecule has 0 aromatic heterocycles. The quantitative estimate of drug-likeness (QED) is 0.275. The SMILES string of the molecule is CCO/C([O-])=C\OC(=O)O.[Na+]. The van der Waals surface area contributed by atoms with Crippen molar-refractivity contribution >= 4 is 6.16 Å². The van der Waals surface area contributed by atoms with Crippen molar-refractivity contribution in [3.63, 3.8) is 0 Å². The summed E-state index contributed by atoms with van der Waals surface area (Å²) in [5, 5.41) is 18.2. The Balaban J connectivity index is 0. The second-order valence-corrected chi connectivity index (χ2v) is 1.25. The Morgan fingerprint density at radius 1 is 1.73 bits per heavy atom. The second-order valence-electron chi connectivity index (χ2n) is 1.25. The monoisotopic (exact) mass is 170 g/mol. The minimum Gasteiger partial charge on any atom is -0.611 e. The van der Waals surface area contributed by atoms with Gasteiger partial charge in [-0.15, -0.1) is 0 Å². The van der Waals surface area contributed by atoms with Crippen LogP contribution in [-0.4, -0.2) is 17.9 Å². The first-order valence-electron chi connectivity index (χ1n) is 2.56. The summed E-state index contributed by atoms with van der Waals surface area (Å²) in [6, 6.07) is 0. The standard InChI is InChI=1S/C5H8O5.Na/c1-2-9-4(6)3-10-5(7)8;/h3,6H,2H2,1H3,(H,7,8);/q;+1/p-1/b4-3-;. The number of hydrogen-bond acceptors (Lipinski definition) is 4.